The molecule has 1 amide bonds. The maximum Gasteiger partial charge on any atom is 0.412 e. The predicted molar refractivity (Wildman–Crippen MR) is 54.2 cm³/mol. The van der Waals surface area contributed by atoms with Crippen molar-refractivity contribution in [2.75, 3.05) is 13.2 Å². The minimum absolute atomic E-state index is 0.392. The summed E-state index contributed by atoms with van der Waals surface area (Å²) in [6.07, 6.45) is 0.496. The Morgan fingerprint density at radius 3 is 2.60 bits per heavy atom. The van der Waals surface area contributed by atoms with E-state index in [1.807, 2.05) is 0 Å². The predicted octanol–water partition coefficient (Wildman–Crippen LogP) is 0.698. The third kappa shape index (κ3) is 2.82. The maximum atomic E-state index is 11.7. The Labute approximate surface area is 89.6 Å². The van der Waals surface area contributed by atoms with E-state index in [0.29, 0.717) is 19.4 Å². The molecule has 1 fully saturated rings. The fourth-order valence-electron chi connectivity index (χ4n) is 1.61. The second kappa shape index (κ2) is 3.98. The summed E-state index contributed by atoms with van der Waals surface area (Å²) in [6, 6.07) is 0. The number of likely N-dealkylation sites (tertiary alicyclic amines) is 1. The van der Waals surface area contributed by atoms with Crippen LogP contribution in [0, 0.1) is 0 Å². The maximum absolute atomic E-state index is 11.7. The van der Waals surface area contributed by atoms with Gasteiger partial charge in [0.25, 0.3) is 0 Å². The second-order valence-electron chi connectivity index (χ2n) is 4.88. The molecule has 0 aromatic heterocycles. The highest BCUT2D eigenvalue weighted by atomic mass is 16.6. The van der Waals surface area contributed by atoms with Crippen LogP contribution in [-0.2, 0) is 4.74 Å². The van der Waals surface area contributed by atoms with E-state index in [1.165, 1.54) is 4.90 Å². The highest BCUT2D eigenvalue weighted by Gasteiger charge is 2.43. The van der Waals surface area contributed by atoms with Gasteiger partial charge in [-0.25, -0.2) is 4.79 Å². The van der Waals surface area contributed by atoms with Crippen LogP contribution in [0.1, 0.15) is 33.6 Å². The Bertz CT molecular complexity index is 248. The first-order valence-corrected chi connectivity index (χ1v) is 5.12. The molecule has 0 spiro atoms. The van der Waals surface area contributed by atoms with E-state index in [2.05, 4.69) is 0 Å². The van der Waals surface area contributed by atoms with E-state index in [-0.39, 0.29) is 0 Å². The van der Waals surface area contributed by atoms with Gasteiger partial charge >= 0.3 is 6.09 Å². The average molecular weight is 217 g/mol. The first kappa shape index (κ1) is 12.3. The van der Waals surface area contributed by atoms with E-state index >= 15 is 0 Å². The standard InChI is InChI=1S/C10H19NO4/c1-9(2,3)15-8(13)11-6-4-5-10(11,14)7-12/h12,14H,4-7H2,1-3H3. The quantitative estimate of drug-likeness (QED) is 0.678. The first-order chi connectivity index (χ1) is 6.78. The van der Waals surface area contributed by atoms with E-state index in [0.717, 1.165) is 0 Å². The van der Waals surface area contributed by atoms with Crippen molar-refractivity contribution in [2.24, 2.45) is 0 Å². The lowest BCUT2D eigenvalue weighted by Gasteiger charge is -2.33. The summed E-state index contributed by atoms with van der Waals surface area (Å²) in [7, 11) is 0. The number of aliphatic hydroxyl groups excluding tert-OH is 1. The molecule has 0 aliphatic carbocycles. The van der Waals surface area contributed by atoms with Crippen LogP contribution in [0.3, 0.4) is 0 Å². The van der Waals surface area contributed by atoms with E-state index in [1.54, 1.807) is 20.8 Å². The summed E-state index contributed by atoms with van der Waals surface area (Å²) in [5.74, 6) is 0. The average Bonchev–Trinajstić information content (AvgIpc) is 2.45. The van der Waals surface area contributed by atoms with Crippen LogP contribution in [-0.4, -0.2) is 45.7 Å². The van der Waals surface area contributed by atoms with Gasteiger partial charge in [-0.1, -0.05) is 0 Å². The zero-order valence-corrected chi connectivity index (χ0v) is 9.49. The molecule has 0 saturated carbocycles. The Kier molecular flexibility index (Phi) is 3.25. The molecule has 1 aliphatic heterocycles. The van der Waals surface area contributed by atoms with Crippen molar-refractivity contribution in [2.45, 2.75) is 44.9 Å². The minimum Gasteiger partial charge on any atom is -0.444 e. The lowest BCUT2D eigenvalue weighted by atomic mass is 10.2. The summed E-state index contributed by atoms with van der Waals surface area (Å²) >= 11 is 0. The molecule has 1 rings (SSSR count). The van der Waals surface area contributed by atoms with E-state index < -0.39 is 24.0 Å². The molecule has 1 atom stereocenters. The number of rotatable bonds is 1. The SMILES string of the molecule is CC(C)(C)OC(=O)N1CCCC1(O)CO. The lowest BCUT2D eigenvalue weighted by molar-refractivity contribution is -0.111. The molecule has 1 heterocycles. The molecule has 2 N–H and O–H groups in total. The number of amides is 1. The monoisotopic (exact) mass is 217 g/mol. The van der Waals surface area contributed by atoms with Gasteiger partial charge in [0, 0.05) is 6.54 Å². The Morgan fingerprint density at radius 2 is 2.13 bits per heavy atom. The largest absolute Gasteiger partial charge is 0.444 e. The van der Waals surface area contributed by atoms with Crippen LogP contribution >= 0.6 is 0 Å². The molecule has 0 aromatic rings. The van der Waals surface area contributed by atoms with Crippen LogP contribution < -0.4 is 0 Å². The van der Waals surface area contributed by atoms with Crippen molar-refractivity contribution < 1.29 is 19.7 Å². The molecule has 0 bridgehead atoms. The molecule has 1 unspecified atom stereocenters. The van der Waals surface area contributed by atoms with Gasteiger partial charge in [0.1, 0.15) is 5.60 Å². The Morgan fingerprint density at radius 1 is 1.53 bits per heavy atom. The lowest BCUT2D eigenvalue weighted by Crippen LogP contribution is -2.51. The number of ether oxygens (including phenoxy) is 1. The molecule has 5 nitrogen and oxygen atoms in total. The second-order valence-corrected chi connectivity index (χ2v) is 4.88. The molecule has 0 radical (unpaired) electrons. The van der Waals surface area contributed by atoms with Crippen LogP contribution in [0.2, 0.25) is 0 Å². The summed E-state index contributed by atoms with van der Waals surface area (Å²) in [5, 5.41) is 18.9. The summed E-state index contributed by atoms with van der Waals surface area (Å²) in [5.41, 5.74) is -2.03. The topological polar surface area (TPSA) is 70.0 Å². The smallest absolute Gasteiger partial charge is 0.412 e. The van der Waals surface area contributed by atoms with Gasteiger partial charge in [0.05, 0.1) is 6.61 Å². The normalized spacial score (nSPS) is 26.9. The molecular formula is C10H19NO4. The van der Waals surface area contributed by atoms with E-state index in [9.17, 15) is 9.90 Å². The van der Waals surface area contributed by atoms with Crippen LogP contribution in [0.15, 0.2) is 0 Å². The molecular weight excluding hydrogens is 198 g/mol. The fourth-order valence-corrected chi connectivity index (χ4v) is 1.61. The minimum atomic E-state index is -1.44. The van der Waals surface area contributed by atoms with Crippen molar-refractivity contribution in [1.29, 1.82) is 0 Å². The highest BCUT2D eigenvalue weighted by Crippen LogP contribution is 2.27. The summed E-state index contributed by atoms with van der Waals surface area (Å²) in [6.45, 7) is 5.26. The number of nitrogens with zero attached hydrogens (tertiary/aromatic N) is 1. The van der Waals surface area contributed by atoms with Crippen LogP contribution in [0.5, 0.6) is 0 Å². The van der Waals surface area contributed by atoms with Gasteiger partial charge in [-0.05, 0) is 33.6 Å². The van der Waals surface area contributed by atoms with Gasteiger partial charge in [-0.15, -0.1) is 0 Å². The van der Waals surface area contributed by atoms with Gasteiger partial charge in [-0.3, -0.25) is 4.90 Å². The zero-order chi connectivity index (χ0) is 11.7. The number of carbonyl (C=O) groups is 1. The third-order valence-corrected chi connectivity index (χ3v) is 2.33. The fraction of sp³-hybridized carbons (Fsp3) is 0.900. The van der Waals surface area contributed by atoms with Gasteiger partial charge in [0.15, 0.2) is 5.72 Å². The molecule has 0 aromatic carbocycles. The van der Waals surface area contributed by atoms with Crippen LogP contribution in [0.25, 0.3) is 0 Å². The Hall–Kier alpha value is -0.810. The highest BCUT2D eigenvalue weighted by molar-refractivity contribution is 5.69. The third-order valence-electron chi connectivity index (χ3n) is 2.33. The van der Waals surface area contributed by atoms with Crippen molar-refractivity contribution in [3.05, 3.63) is 0 Å². The first-order valence-electron chi connectivity index (χ1n) is 5.12. The molecule has 88 valence electrons. The summed E-state index contributed by atoms with van der Waals surface area (Å²) in [4.78, 5) is 12.9. The van der Waals surface area contributed by atoms with Gasteiger partial charge < -0.3 is 14.9 Å². The number of carbonyl (C=O) groups excluding carboxylic acids is 1. The Balaban J connectivity index is 2.67. The van der Waals surface area contributed by atoms with Gasteiger partial charge in [0.2, 0.25) is 0 Å². The zero-order valence-electron chi connectivity index (χ0n) is 9.49. The van der Waals surface area contributed by atoms with Crippen molar-refractivity contribution >= 4 is 6.09 Å². The number of aliphatic hydroxyl groups is 2. The molecule has 1 saturated heterocycles. The van der Waals surface area contributed by atoms with Crippen LogP contribution in [0.4, 0.5) is 4.79 Å². The van der Waals surface area contributed by atoms with Gasteiger partial charge in [-0.2, -0.15) is 0 Å². The van der Waals surface area contributed by atoms with Crippen molar-refractivity contribution in [3.8, 4) is 0 Å². The summed E-state index contributed by atoms with van der Waals surface area (Å²) < 4.78 is 5.13. The molecule has 1 aliphatic rings. The van der Waals surface area contributed by atoms with Crippen molar-refractivity contribution in [3.63, 3.8) is 0 Å². The molecule has 15 heavy (non-hydrogen) atoms. The van der Waals surface area contributed by atoms with E-state index in [4.69, 9.17) is 9.84 Å². The molecule has 5 heteroatoms. The van der Waals surface area contributed by atoms with Crippen molar-refractivity contribution in [1.82, 2.24) is 4.90 Å². The number of hydrogen-bond donors (Lipinski definition) is 2. The number of hydrogen-bond acceptors (Lipinski definition) is 4.